The van der Waals surface area contributed by atoms with E-state index >= 15 is 0 Å². The van der Waals surface area contributed by atoms with E-state index in [1.54, 1.807) is 6.08 Å². The minimum atomic E-state index is -4.07. The standard InChI is InChI=1S/C16H12Cl2FN3O4S/c17-9-5-6-12(14(23)15(9)27(25,26)22-7-2-8-22)21-16(24)20-11-4-1-3-10(19)13(11)18/h1-7,23H,8H2,(H2,20,21,24). The first-order valence-electron chi connectivity index (χ1n) is 7.44. The van der Waals surface area contributed by atoms with Crippen LogP contribution >= 0.6 is 23.2 Å². The number of benzene rings is 2. The van der Waals surface area contributed by atoms with Crippen molar-refractivity contribution < 1.29 is 22.7 Å². The van der Waals surface area contributed by atoms with E-state index in [-0.39, 0.29) is 28.0 Å². The van der Waals surface area contributed by atoms with E-state index in [9.17, 15) is 22.7 Å². The zero-order chi connectivity index (χ0) is 19.8. The Kier molecular flexibility index (Phi) is 5.18. The topological polar surface area (TPSA) is 98.7 Å². The Morgan fingerprint density at radius 2 is 1.81 bits per heavy atom. The molecule has 0 aromatic heterocycles. The highest BCUT2D eigenvalue weighted by Gasteiger charge is 2.31. The number of nitrogens with zero attached hydrogens (tertiary/aromatic N) is 1. The summed E-state index contributed by atoms with van der Waals surface area (Å²) in [6.07, 6.45) is 2.94. The number of aromatic hydroxyl groups is 1. The van der Waals surface area contributed by atoms with Crippen molar-refractivity contribution in [2.24, 2.45) is 0 Å². The molecular weight excluding hydrogens is 420 g/mol. The number of phenols is 1. The predicted octanol–water partition coefficient (Wildman–Crippen LogP) is 4.00. The van der Waals surface area contributed by atoms with Crippen LogP contribution in [0.25, 0.3) is 0 Å². The normalized spacial score (nSPS) is 13.2. The molecule has 2 aromatic carbocycles. The minimum absolute atomic E-state index is 0.00109. The van der Waals surface area contributed by atoms with Crippen molar-refractivity contribution in [1.82, 2.24) is 4.31 Å². The summed E-state index contributed by atoms with van der Waals surface area (Å²) in [6, 6.07) is 5.43. The summed E-state index contributed by atoms with van der Waals surface area (Å²) in [5.41, 5.74) is -0.200. The Balaban J connectivity index is 1.87. The highest BCUT2D eigenvalue weighted by Crippen LogP contribution is 2.39. The molecule has 2 aromatic rings. The van der Waals surface area contributed by atoms with Crippen LogP contribution in [-0.2, 0) is 10.0 Å². The third-order valence-corrected chi connectivity index (χ3v) is 6.28. The van der Waals surface area contributed by atoms with Gasteiger partial charge in [-0.05, 0) is 30.3 Å². The van der Waals surface area contributed by atoms with Gasteiger partial charge in [0.1, 0.15) is 10.7 Å². The number of amides is 2. The maximum Gasteiger partial charge on any atom is 0.323 e. The molecule has 0 spiro atoms. The van der Waals surface area contributed by atoms with Crippen LogP contribution in [-0.4, -0.2) is 30.4 Å². The summed E-state index contributed by atoms with van der Waals surface area (Å²) in [6.45, 7) is 0.147. The summed E-state index contributed by atoms with van der Waals surface area (Å²) in [5.74, 6) is -1.44. The monoisotopic (exact) mass is 431 g/mol. The molecule has 0 atom stereocenters. The van der Waals surface area contributed by atoms with Gasteiger partial charge in [-0.1, -0.05) is 29.3 Å². The average Bonchev–Trinajstić information content (AvgIpc) is 2.52. The number of anilines is 2. The lowest BCUT2D eigenvalue weighted by Gasteiger charge is -2.26. The van der Waals surface area contributed by atoms with E-state index in [1.165, 1.54) is 30.5 Å². The molecule has 0 saturated carbocycles. The molecule has 1 heterocycles. The van der Waals surface area contributed by atoms with Gasteiger partial charge in [-0.2, -0.15) is 0 Å². The molecule has 1 aliphatic rings. The SMILES string of the molecule is O=C(Nc1ccc(Cl)c(S(=O)(=O)N2C=CC2)c1O)Nc1cccc(F)c1Cl. The molecule has 27 heavy (non-hydrogen) atoms. The highest BCUT2D eigenvalue weighted by molar-refractivity contribution is 7.89. The molecule has 0 fully saturated rings. The Morgan fingerprint density at radius 3 is 2.44 bits per heavy atom. The van der Waals surface area contributed by atoms with Crippen LogP contribution in [0.1, 0.15) is 0 Å². The molecule has 3 rings (SSSR count). The largest absolute Gasteiger partial charge is 0.504 e. The third-order valence-electron chi connectivity index (χ3n) is 3.66. The van der Waals surface area contributed by atoms with Crippen molar-refractivity contribution in [3.63, 3.8) is 0 Å². The Morgan fingerprint density at radius 1 is 1.15 bits per heavy atom. The first-order valence-corrected chi connectivity index (χ1v) is 9.63. The molecule has 7 nitrogen and oxygen atoms in total. The molecule has 142 valence electrons. The van der Waals surface area contributed by atoms with E-state index in [0.717, 1.165) is 10.4 Å². The van der Waals surface area contributed by atoms with Gasteiger partial charge in [0.2, 0.25) is 0 Å². The Hall–Kier alpha value is -2.49. The van der Waals surface area contributed by atoms with E-state index in [2.05, 4.69) is 10.6 Å². The van der Waals surface area contributed by atoms with E-state index < -0.39 is 32.5 Å². The number of carbonyl (C=O) groups excluding carboxylic acids is 1. The van der Waals surface area contributed by atoms with Gasteiger partial charge in [-0.3, -0.25) is 4.31 Å². The van der Waals surface area contributed by atoms with Gasteiger partial charge in [-0.15, -0.1) is 0 Å². The summed E-state index contributed by atoms with van der Waals surface area (Å²) in [4.78, 5) is 11.6. The Bertz CT molecular complexity index is 1060. The van der Waals surface area contributed by atoms with Crippen molar-refractivity contribution in [1.29, 1.82) is 0 Å². The fourth-order valence-corrected chi connectivity index (χ4v) is 4.31. The molecule has 0 aliphatic carbocycles. The van der Waals surface area contributed by atoms with Crippen LogP contribution in [0.3, 0.4) is 0 Å². The van der Waals surface area contributed by atoms with E-state index in [1.807, 2.05) is 0 Å². The maximum absolute atomic E-state index is 13.4. The van der Waals surface area contributed by atoms with Crippen molar-refractivity contribution >= 4 is 50.6 Å². The number of halogens is 3. The number of sulfonamides is 1. The number of hydrogen-bond donors (Lipinski definition) is 3. The first kappa shape index (κ1) is 19.3. The molecule has 0 unspecified atom stereocenters. The fraction of sp³-hybridized carbons (Fsp3) is 0.0625. The quantitative estimate of drug-likeness (QED) is 0.636. The summed E-state index contributed by atoms with van der Waals surface area (Å²) in [5, 5.41) is 14.4. The highest BCUT2D eigenvalue weighted by atomic mass is 35.5. The molecule has 2 amide bonds. The van der Waals surface area contributed by atoms with Crippen molar-refractivity contribution in [2.45, 2.75) is 4.90 Å². The van der Waals surface area contributed by atoms with E-state index in [4.69, 9.17) is 23.2 Å². The van der Waals surface area contributed by atoms with Crippen molar-refractivity contribution in [3.8, 4) is 5.75 Å². The molecular formula is C16H12Cl2FN3O4S. The first-order chi connectivity index (χ1) is 12.7. The molecule has 1 aliphatic heterocycles. The van der Waals surface area contributed by atoms with Gasteiger partial charge in [0.15, 0.2) is 5.75 Å². The van der Waals surface area contributed by atoms with Crippen molar-refractivity contribution in [3.05, 3.63) is 58.5 Å². The molecule has 0 radical (unpaired) electrons. The molecule has 3 N–H and O–H groups in total. The lowest BCUT2D eigenvalue weighted by molar-refractivity contribution is 0.262. The number of nitrogens with one attached hydrogen (secondary N) is 2. The van der Waals surface area contributed by atoms with Crippen LogP contribution in [0, 0.1) is 5.82 Å². The van der Waals surface area contributed by atoms with Gasteiger partial charge in [0.05, 0.1) is 28.0 Å². The van der Waals surface area contributed by atoms with Crippen molar-refractivity contribution in [2.75, 3.05) is 17.2 Å². The van der Waals surface area contributed by atoms with Crippen LogP contribution in [0.15, 0.2) is 47.5 Å². The Labute approximate surface area is 164 Å². The predicted molar refractivity (Wildman–Crippen MR) is 100 cm³/mol. The molecule has 0 saturated heterocycles. The smallest absolute Gasteiger partial charge is 0.323 e. The number of rotatable bonds is 4. The third kappa shape index (κ3) is 3.66. The van der Waals surface area contributed by atoms with Gasteiger partial charge >= 0.3 is 6.03 Å². The summed E-state index contributed by atoms with van der Waals surface area (Å²) < 4.78 is 39.4. The lowest BCUT2D eigenvalue weighted by atomic mass is 10.3. The maximum atomic E-state index is 13.4. The molecule has 11 heteroatoms. The number of carbonyl (C=O) groups is 1. The van der Waals surface area contributed by atoms with Crippen LogP contribution in [0.4, 0.5) is 20.6 Å². The number of hydrogen-bond acceptors (Lipinski definition) is 4. The molecule has 0 bridgehead atoms. The van der Waals surface area contributed by atoms with Gasteiger partial charge in [-0.25, -0.2) is 17.6 Å². The number of urea groups is 1. The zero-order valence-corrected chi connectivity index (χ0v) is 15.7. The minimum Gasteiger partial charge on any atom is -0.504 e. The van der Waals surface area contributed by atoms with Gasteiger partial charge in [0.25, 0.3) is 10.0 Å². The second-order valence-electron chi connectivity index (χ2n) is 5.41. The second-order valence-corrected chi connectivity index (χ2v) is 8.03. The van der Waals surface area contributed by atoms with Crippen LogP contribution in [0.2, 0.25) is 10.0 Å². The summed E-state index contributed by atoms with van der Waals surface area (Å²) >= 11 is 11.7. The fourth-order valence-electron chi connectivity index (χ4n) is 2.26. The van der Waals surface area contributed by atoms with Gasteiger partial charge in [0, 0.05) is 6.20 Å². The summed E-state index contributed by atoms with van der Waals surface area (Å²) in [7, 11) is -4.07. The van der Waals surface area contributed by atoms with E-state index in [0.29, 0.717) is 0 Å². The average molecular weight is 432 g/mol. The second kappa shape index (κ2) is 7.26. The van der Waals surface area contributed by atoms with Gasteiger partial charge < -0.3 is 15.7 Å². The lowest BCUT2D eigenvalue weighted by Crippen LogP contribution is -2.32. The number of phenolic OH excluding ortho intramolecular Hbond substituents is 1. The zero-order valence-electron chi connectivity index (χ0n) is 13.4. The van der Waals surface area contributed by atoms with Crippen LogP contribution in [0.5, 0.6) is 5.75 Å². The van der Waals surface area contributed by atoms with Crippen LogP contribution < -0.4 is 10.6 Å².